The van der Waals surface area contributed by atoms with Gasteiger partial charge in [0, 0.05) is 6.42 Å². The molecule has 4 heteroatoms. The predicted molar refractivity (Wildman–Crippen MR) is 60.4 cm³/mol. The lowest BCUT2D eigenvalue weighted by molar-refractivity contribution is -0.159. The number of carbonyl (C=O) groups excluding carboxylic acids is 2. The minimum atomic E-state index is -0.620. The molecule has 0 saturated carbocycles. The van der Waals surface area contributed by atoms with Crippen molar-refractivity contribution in [1.29, 1.82) is 0 Å². The summed E-state index contributed by atoms with van der Waals surface area (Å²) in [5.74, 6) is -1.53. The molecule has 17 heavy (non-hydrogen) atoms. The van der Waals surface area contributed by atoms with E-state index in [1.54, 1.807) is 0 Å². The van der Waals surface area contributed by atoms with E-state index < -0.39 is 11.9 Å². The maximum Gasteiger partial charge on any atom is 0.317 e. The van der Waals surface area contributed by atoms with Gasteiger partial charge in [-0.2, -0.15) is 0 Å². The van der Waals surface area contributed by atoms with Crippen LogP contribution in [0.25, 0.3) is 0 Å². The number of halogens is 1. The molecule has 0 saturated heterocycles. The topological polar surface area (TPSA) is 43.4 Å². The highest BCUT2D eigenvalue weighted by Gasteiger charge is 2.10. The summed E-state index contributed by atoms with van der Waals surface area (Å²) >= 11 is 0. The fourth-order valence-electron chi connectivity index (χ4n) is 1.25. The van der Waals surface area contributed by atoms with Gasteiger partial charge in [0.25, 0.3) is 0 Å². The first-order chi connectivity index (χ1) is 8.11. The number of rotatable bonds is 5. The van der Waals surface area contributed by atoms with Crippen LogP contribution in [0.15, 0.2) is 24.3 Å². The summed E-state index contributed by atoms with van der Waals surface area (Å²) in [5, 5.41) is 0. The molecule has 1 aromatic carbocycles. The summed E-state index contributed by atoms with van der Waals surface area (Å²) in [6.45, 7) is 3.58. The third-order valence-electron chi connectivity index (χ3n) is 2.12. The minimum Gasteiger partial charge on any atom is -0.393 e. The highest BCUT2D eigenvalue weighted by molar-refractivity contribution is 5.86. The summed E-state index contributed by atoms with van der Waals surface area (Å²) in [4.78, 5) is 22.4. The van der Waals surface area contributed by atoms with Crippen LogP contribution in [0.1, 0.15) is 24.8 Å². The van der Waals surface area contributed by atoms with E-state index in [0.717, 1.165) is 0 Å². The van der Waals surface area contributed by atoms with Crippen LogP contribution >= 0.6 is 0 Å². The van der Waals surface area contributed by atoms with Gasteiger partial charge in [0.15, 0.2) is 0 Å². The van der Waals surface area contributed by atoms with Gasteiger partial charge < -0.3 is 4.74 Å². The zero-order chi connectivity index (χ0) is 12.7. The van der Waals surface area contributed by atoms with Crippen molar-refractivity contribution in [3.05, 3.63) is 42.6 Å². The summed E-state index contributed by atoms with van der Waals surface area (Å²) in [6, 6.07) is 5.48. The molecule has 0 atom stereocenters. The standard InChI is InChI=1S/C13H14FO3/c1-2-3-4-12(15)17-13(16)9-10-5-7-11(14)8-6-10/h5-8H,1-4,9H2. The van der Waals surface area contributed by atoms with Crippen LogP contribution in [0.2, 0.25) is 0 Å². The van der Waals surface area contributed by atoms with Crippen LogP contribution in [0.5, 0.6) is 0 Å². The van der Waals surface area contributed by atoms with Crippen molar-refractivity contribution in [2.24, 2.45) is 0 Å². The Labute approximate surface area is 99.6 Å². The second-order valence-electron chi connectivity index (χ2n) is 3.61. The molecule has 0 bridgehead atoms. The molecule has 1 aromatic rings. The lowest BCUT2D eigenvalue weighted by atomic mass is 10.1. The molecular formula is C13H14FO3. The number of hydrogen-bond acceptors (Lipinski definition) is 3. The molecule has 0 aliphatic heterocycles. The van der Waals surface area contributed by atoms with Gasteiger partial charge in [-0.1, -0.05) is 25.5 Å². The maximum atomic E-state index is 12.6. The number of hydrogen-bond donors (Lipinski definition) is 0. The van der Waals surface area contributed by atoms with Crippen LogP contribution in [0, 0.1) is 12.7 Å². The lowest BCUT2D eigenvalue weighted by Crippen LogP contribution is -2.14. The molecule has 0 spiro atoms. The van der Waals surface area contributed by atoms with Crippen LogP contribution in [0.4, 0.5) is 4.39 Å². The molecule has 3 nitrogen and oxygen atoms in total. The van der Waals surface area contributed by atoms with Gasteiger partial charge >= 0.3 is 11.9 Å². The van der Waals surface area contributed by atoms with Crippen LogP contribution in [-0.2, 0) is 20.7 Å². The molecule has 91 valence electrons. The smallest absolute Gasteiger partial charge is 0.317 e. The highest BCUT2D eigenvalue weighted by Crippen LogP contribution is 2.05. The van der Waals surface area contributed by atoms with E-state index in [0.29, 0.717) is 18.4 Å². The molecule has 0 aromatic heterocycles. The molecular weight excluding hydrogens is 223 g/mol. The van der Waals surface area contributed by atoms with E-state index in [2.05, 4.69) is 11.7 Å². The lowest BCUT2D eigenvalue weighted by Gasteiger charge is -2.02. The molecule has 0 fully saturated rings. The van der Waals surface area contributed by atoms with Crippen molar-refractivity contribution in [2.45, 2.75) is 25.7 Å². The van der Waals surface area contributed by atoms with Crippen molar-refractivity contribution < 1.29 is 18.7 Å². The Kier molecular flexibility index (Phi) is 5.33. The van der Waals surface area contributed by atoms with Crippen molar-refractivity contribution in [1.82, 2.24) is 0 Å². The first-order valence-corrected chi connectivity index (χ1v) is 5.39. The zero-order valence-corrected chi connectivity index (χ0v) is 9.45. The third kappa shape index (κ3) is 5.24. The quantitative estimate of drug-likeness (QED) is 0.583. The fraction of sp³-hybridized carbons (Fsp3) is 0.308. The molecule has 0 heterocycles. The van der Waals surface area contributed by atoms with Gasteiger partial charge in [0.05, 0.1) is 6.42 Å². The molecule has 1 radical (unpaired) electrons. The second-order valence-corrected chi connectivity index (χ2v) is 3.61. The average molecular weight is 237 g/mol. The summed E-state index contributed by atoms with van der Waals surface area (Å²) in [6.07, 6.45) is 1.39. The summed E-state index contributed by atoms with van der Waals surface area (Å²) in [7, 11) is 0. The van der Waals surface area contributed by atoms with Gasteiger partial charge in [-0.25, -0.2) is 4.39 Å². The molecule has 0 aliphatic carbocycles. The summed E-state index contributed by atoms with van der Waals surface area (Å²) in [5.41, 5.74) is 0.612. The van der Waals surface area contributed by atoms with E-state index in [4.69, 9.17) is 0 Å². The van der Waals surface area contributed by atoms with Gasteiger partial charge in [-0.05, 0) is 24.1 Å². The number of benzene rings is 1. The molecule has 0 aliphatic rings. The minimum absolute atomic E-state index is 0.0314. The first-order valence-electron chi connectivity index (χ1n) is 5.39. The Bertz CT molecular complexity index is 384. The van der Waals surface area contributed by atoms with Crippen LogP contribution in [-0.4, -0.2) is 11.9 Å². The van der Waals surface area contributed by atoms with E-state index in [-0.39, 0.29) is 18.7 Å². The van der Waals surface area contributed by atoms with Crippen molar-refractivity contribution in [2.75, 3.05) is 0 Å². The Hall–Kier alpha value is -1.71. The Balaban J connectivity index is 2.39. The van der Waals surface area contributed by atoms with Gasteiger partial charge in [0.2, 0.25) is 0 Å². The molecule has 0 amide bonds. The first kappa shape index (κ1) is 13.4. The van der Waals surface area contributed by atoms with E-state index in [9.17, 15) is 14.0 Å². The van der Waals surface area contributed by atoms with Gasteiger partial charge in [0.1, 0.15) is 5.82 Å². The van der Waals surface area contributed by atoms with Crippen LogP contribution in [0.3, 0.4) is 0 Å². The fourth-order valence-corrected chi connectivity index (χ4v) is 1.25. The van der Waals surface area contributed by atoms with E-state index in [1.165, 1.54) is 24.3 Å². The van der Waals surface area contributed by atoms with Crippen molar-refractivity contribution in [3.63, 3.8) is 0 Å². The third-order valence-corrected chi connectivity index (χ3v) is 2.12. The zero-order valence-electron chi connectivity index (χ0n) is 9.45. The van der Waals surface area contributed by atoms with E-state index >= 15 is 0 Å². The number of esters is 2. The van der Waals surface area contributed by atoms with Crippen molar-refractivity contribution in [3.8, 4) is 0 Å². The van der Waals surface area contributed by atoms with E-state index in [1.807, 2.05) is 0 Å². The van der Waals surface area contributed by atoms with Gasteiger partial charge in [-0.3, -0.25) is 9.59 Å². The number of carbonyl (C=O) groups is 2. The maximum absolute atomic E-state index is 12.6. The Morgan fingerprint density at radius 1 is 1.18 bits per heavy atom. The molecule has 0 N–H and O–H groups in total. The number of unbranched alkanes of at least 4 members (excludes halogenated alkanes) is 1. The summed E-state index contributed by atoms with van der Waals surface area (Å²) < 4.78 is 17.2. The molecule has 0 unspecified atom stereocenters. The van der Waals surface area contributed by atoms with Gasteiger partial charge in [-0.15, -0.1) is 0 Å². The van der Waals surface area contributed by atoms with Crippen LogP contribution < -0.4 is 0 Å². The largest absolute Gasteiger partial charge is 0.393 e. The highest BCUT2D eigenvalue weighted by atomic mass is 19.1. The number of ether oxygens (including phenoxy) is 1. The normalized spacial score (nSPS) is 10.0. The SMILES string of the molecule is [CH2]CCCC(=O)OC(=O)Cc1ccc(F)cc1. The molecule has 1 rings (SSSR count). The monoisotopic (exact) mass is 237 g/mol. The Morgan fingerprint density at radius 3 is 2.41 bits per heavy atom. The second kappa shape index (κ2) is 6.78. The predicted octanol–water partition coefficient (Wildman–Crippen LogP) is 2.44. The van der Waals surface area contributed by atoms with Crippen molar-refractivity contribution >= 4 is 11.9 Å². The Morgan fingerprint density at radius 2 is 1.82 bits per heavy atom. The average Bonchev–Trinajstić information content (AvgIpc) is 2.29.